The summed E-state index contributed by atoms with van der Waals surface area (Å²) in [5.41, 5.74) is 2.44. The van der Waals surface area contributed by atoms with Crippen molar-refractivity contribution in [3.05, 3.63) is 58.1 Å². The molecule has 0 saturated carbocycles. The Bertz CT molecular complexity index is 702. The third-order valence-corrected chi connectivity index (χ3v) is 4.07. The molecule has 22 heavy (non-hydrogen) atoms. The van der Waals surface area contributed by atoms with E-state index in [9.17, 15) is 4.79 Å². The van der Waals surface area contributed by atoms with E-state index in [1.54, 1.807) is 31.4 Å². The number of anilines is 1. The normalized spacial score (nSPS) is 9.95. The molecule has 2 aromatic rings. The molecule has 0 saturated heterocycles. The molecule has 0 atom stereocenters. The largest absolute Gasteiger partial charge is 0.497 e. The monoisotopic (exact) mass is 378 g/mol. The predicted octanol–water partition coefficient (Wildman–Crippen LogP) is 3.89. The van der Waals surface area contributed by atoms with Crippen LogP contribution >= 0.6 is 28.1 Å². The lowest BCUT2D eigenvalue weighted by Gasteiger charge is -2.11. The maximum atomic E-state index is 12.1. The number of rotatable bonds is 3. The Hall–Kier alpha value is -1.92. The molecule has 4 nitrogen and oxygen atoms in total. The van der Waals surface area contributed by atoms with E-state index in [1.165, 1.54) is 0 Å². The number of aryl methyl sites for hydroxylation is 1. The molecular weight excluding hydrogens is 364 g/mol. The van der Waals surface area contributed by atoms with Crippen molar-refractivity contribution in [3.8, 4) is 5.75 Å². The molecule has 2 rings (SSSR count). The Morgan fingerprint density at radius 2 is 1.86 bits per heavy atom. The molecule has 0 bridgehead atoms. The summed E-state index contributed by atoms with van der Waals surface area (Å²) >= 11 is 8.61. The number of halogens is 1. The van der Waals surface area contributed by atoms with E-state index in [0.717, 1.165) is 15.7 Å². The van der Waals surface area contributed by atoms with Crippen molar-refractivity contribution in [2.45, 2.75) is 6.92 Å². The first-order chi connectivity index (χ1) is 10.5. The number of hydrogen-bond donors (Lipinski definition) is 2. The van der Waals surface area contributed by atoms with Crippen molar-refractivity contribution in [2.24, 2.45) is 0 Å². The third kappa shape index (κ3) is 4.29. The first-order valence-electron chi connectivity index (χ1n) is 6.52. The second-order valence-corrected chi connectivity index (χ2v) is 5.86. The number of amides is 1. The van der Waals surface area contributed by atoms with Crippen LogP contribution in [0.15, 0.2) is 46.9 Å². The number of nitrogens with one attached hydrogen (secondary N) is 2. The van der Waals surface area contributed by atoms with Gasteiger partial charge in [-0.3, -0.25) is 10.1 Å². The van der Waals surface area contributed by atoms with E-state index < -0.39 is 0 Å². The van der Waals surface area contributed by atoms with Crippen LogP contribution in [0.4, 0.5) is 5.69 Å². The number of carbonyl (C=O) groups excluding carboxylic acids is 1. The molecule has 0 fully saturated rings. The van der Waals surface area contributed by atoms with Gasteiger partial charge in [-0.25, -0.2) is 0 Å². The topological polar surface area (TPSA) is 50.4 Å². The minimum Gasteiger partial charge on any atom is -0.497 e. The quantitative estimate of drug-likeness (QED) is 0.795. The van der Waals surface area contributed by atoms with Crippen molar-refractivity contribution in [1.82, 2.24) is 5.32 Å². The second kappa shape index (κ2) is 7.38. The Balaban J connectivity index is 1.98. The van der Waals surface area contributed by atoms with Gasteiger partial charge in [0, 0.05) is 15.7 Å². The summed E-state index contributed by atoms with van der Waals surface area (Å²) in [5.74, 6) is 0.424. The van der Waals surface area contributed by atoms with Crippen molar-refractivity contribution in [3.63, 3.8) is 0 Å². The molecule has 0 aliphatic rings. The molecule has 0 unspecified atom stereocenters. The Morgan fingerprint density at radius 3 is 2.45 bits per heavy atom. The third-order valence-electron chi connectivity index (χ3n) is 3.01. The first kappa shape index (κ1) is 16.5. The Labute approximate surface area is 143 Å². The highest BCUT2D eigenvalue weighted by molar-refractivity contribution is 9.10. The van der Waals surface area contributed by atoms with E-state index >= 15 is 0 Å². The summed E-state index contributed by atoms with van der Waals surface area (Å²) in [6.45, 7) is 2.00. The fraction of sp³-hybridized carbons (Fsp3) is 0.125. The number of ether oxygens (including phenoxy) is 1. The summed E-state index contributed by atoms with van der Waals surface area (Å²) in [5, 5.41) is 5.87. The maximum Gasteiger partial charge on any atom is 0.257 e. The molecule has 0 aliphatic carbocycles. The molecule has 2 aromatic carbocycles. The SMILES string of the molecule is COc1ccc(C(=O)NC(=S)Nc2ccc(C)c(Br)c2)cc1. The van der Waals surface area contributed by atoms with Crippen molar-refractivity contribution in [1.29, 1.82) is 0 Å². The molecule has 0 radical (unpaired) electrons. The van der Waals surface area contributed by atoms with Gasteiger partial charge in [0.1, 0.15) is 5.75 Å². The zero-order valence-corrected chi connectivity index (χ0v) is 14.5. The zero-order chi connectivity index (χ0) is 16.1. The van der Waals surface area contributed by atoms with Gasteiger partial charge in [-0.1, -0.05) is 22.0 Å². The lowest BCUT2D eigenvalue weighted by Crippen LogP contribution is -2.34. The van der Waals surface area contributed by atoms with Gasteiger partial charge >= 0.3 is 0 Å². The molecular formula is C16H15BrN2O2S. The summed E-state index contributed by atoms with van der Waals surface area (Å²) in [7, 11) is 1.58. The molecule has 0 spiro atoms. The number of hydrogen-bond acceptors (Lipinski definition) is 3. The van der Waals surface area contributed by atoms with E-state index in [0.29, 0.717) is 11.3 Å². The maximum absolute atomic E-state index is 12.1. The fourth-order valence-corrected chi connectivity index (χ4v) is 2.34. The lowest BCUT2D eigenvalue weighted by atomic mass is 10.2. The zero-order valence-electron chi connectivity index (χ0n) is 12.1. The summed E-state index contributed by atoms with van der Waals surface area (Å²) in [4.78, 5) is 12.1. The fourth-order valence-electron chi connectivity index (χ4n) is 1.75. The minimum absolute atomic E-state index is 0.247. The van der Waals surface area contributed by atoms with Crippen molar-refractivity contribution < 1.29 is 9.53 Å². The highest BCUT2D eigenvalue weighted by Crippen LogP contribution is 2.20. The summed E-state index contributed by atoms with van der Waals surface area (Å²) < 4.78 is 6.03. The number of thiocarbonyl (C=S) groups is 1. The molecule has 2 N–H and O–H groups in total. The Morgan fingerprint density at radius 1 is 1.18 bits per heavy atom. The minimum atomic E-state index is -0.272. The number of benzene rings is 2. The van der Waals surface area contributed by atoms with Gasteiger partial charge in [0.15, 0.2) is 5.11 Å². The second-order valence-electron chi connectivity index (χ2n) is 4.60. The van der Waals surface area contributed by atoms with E-state index in [1.807, 2.05) is 25.1 Å². The van der Waals surface area contributed by atoms with Crippen molar-refractivity contribution >= 4 is 44.9 Å². The standard InChI is InChI=1S/C16H15BrN2O2S/c1-10-3-6-12(9-14(10)17)18-16(22)19-15(20)11-4-7-13(21-2)8-5-11/h3-9H,1-2H3,(H2,18,19,20,22). The highest BCUT2D eigenvalue weighted by Gasteiger charge is 2.08. The van der Waals surface area contributed by atoms with E-state index in [-0.39, 0.29) is 11.0 Å². The Kier molecular flexibility index (Phi) is 5.51. The summed E-state index contributed by atoms with van der Waals surface area (Å²) in [6.07, 6.45) is 0. The van der Waals surface area contributed by atoms with E-state index in [4.69, 9.17) is 17.0 Å². The molecule has 0 aromatic heterocycles. The number of carbonyl (C=O) groups is 1. The van der Waals surface area contributed by atoms with Gasteiger partial charge in [-0.05, 0) is 61.1 Å². The average Bonchev–Trinajstić information content (AvgIpc) is 2.51. The number of methoxy groups -OCH3 is 1. The van der Waals surface area contributed by atoms with Crippen molar-refractivity contribution in [2.75, 3.05) is 12.4 Å². The van der Waals surface area contributed by atoms with Gasteiger partial charge in [0.2, 0.25) is 0 Å². The smallest absolute Gasteiger partial charge is 0.257 e. The molecule has 0 heterocycles. The van der Waals surface area contributed by atoms with Crippen LogP contribution in [0.3, 0.4) is 0 Å². The molecule has 0 aliphatic heterocycles. The first-order valence-corrected chi connectivity index (χ1v) is 7.72. The highest BCUT2D eigenvalue weighted by atomic mass is 79.9. The van der Waals surface area contributed by atoms with Crippen LogP contribution in [-0.4, -0.2) is 18.1 Å². The lowest BCUT2D eigenvalue weighted by molar-refractivity contribution is 0.0977. The predicted molar refractivity (Wildman–Crippen MR) is 95.6 cm³/mol. The van der Waals surface area contributed by atoms with Gasteiger partial charge < -0.3 is 10.1 Å². The van der Waals surface area contributed by atoms with E-state index in [2.05, 4.69) is 26.6 Å². The van der Waals surface area contributed by atoms with Crippen LogP contribution in [-0.2, 0) is 0 Å². The van der Waals surface area contributed by atoms with Crippen LogP contribution in [0.2, 0.25) is 0 Å². The summed E-state index contributed by atoms with van der Waals surface area (Å²) in [6, 6.07) is 12.6. The van der Waals surface area contributed by atoms with Crippen LogP contribution in [0.25, 0.3) is 0 Å². The molecule has 6 heteroatoms. The van der Waals surface area contributed by atoms with Crippen LogP contribution in [0.5, 0.6) is 5.75 Å². The molecule has 114 valence electrons. The van der Waals surface area contributed by atoms with Crippen LogP contribution in [0.1, 0.15) is 15.9 Å². The van der Waals surface area contributed by atoms with Gasteiger partial charge in [-0.15, -0.1) is 0 Å². The van der Waals surface area contributed by atoms with Crippen LogP contribution < -0.4 is 15.4 Å². The van der Waals surface area contributed by atoms with Crippen LogP contribution in [0, 0.1) is 6.92 Å². The van der Waals surface area contributed by atoms with Gasteiger partial charge in [-0.2, -0.15) is 0 Å². The van der Waals surface area contributed by atoms with Gasteiger partial charge in [0.25, 0.3) is 5.91 Å². The average molecular weight is 379 g/mol. The molecule has 1 amide bonds. The van der Waals surface area contributed by atoms with Gasteiger partial charge in [0.05, 0.1) is 7.11 Å².